The van der Waals surface area contributed by atoms with Gasteiger partial charge >= 0.3 is 0 Å². The van der Waals surface area contributed by atoms with E-state index in [2.05, 4.69) is 28.2 Å². The minimum Gasteiger partial charge on any atom is -0.293 e. The summed E-state index contributed by atoms with van der Waals surface area (Å²) in [5.74, 6) is -0.0205. The van der Waals surface area contributed by atoms with Crippen LogP contribution in [0.1, 0.15) is 23.1 Å². The number of hydrogen-bond acceptors (Lipinski definition) is 3. The van der Waals surface area contributed by atoms with Gasteiger partial charge < -0.3 is 0 Å². The second kappa shape index (κ2) is 6.31. The van der Waals surface area contributed by atoms with Crippen molar-refractivity contribution < 1.29 is 4.79 Å². The van der Waals surface area contributed by atoms with Gasteiger partial charge in [0.05, 0.1) is 5.69 Å². The minimum atomic E-state index is -0.0205. The van der Waals surface area contributed by atoms with E-state index in [9.17, 15) is 4.79 Å². The first kappa shape index (κ1) is 14.1. The Kier molecular flexibility index (Phi) is 4.05. The molecule has 0 atom stereocenters. The number of carbonyl (C=O) groups is 1. The number of nitrogens with zero attached hydrogens (tertiary/aromatic N) is 2. The lowest BCUT2D eigenvalue weighted by Crippen LogP contribution is -2.00. The Balaban J connectivity index is 1.82. The van der Waals surface area contributed by atoms with E-state index < -0.39 is 0 Å². The standard InChI is InChI=1S/C19H16N2O/c1-14(22)18-10-5-8-16(21-18)12-13-20-19-11-4-7-15-6-2-3-9-17(15)19/h2-11,13H,12H2,1H3. The highest BCUT2D eigenvalue weighted by Gasteiger charge is 2.01. The summed E-state index contributed by atoms with van der Waals surface area (Å²) < 4.78 is 0. The SMILES string of the molecule is CC(=O)c1cccc(CC=Nc2cccc3ccccc23)n1. The molecule has 22 heavy (non-hydrogen) atoms. The van der Waals surface area contributed by atoms with Crippen molar-refractivity contribution >= 4 is 28.5 Å². The van der Waals surface area contributed by atoms with Crippen molar-refractivity contribution in [2.45, 2.75) is 13.3 Å². The Morgan fingerprint density at radius 1 is 1.05 bits per heavy atom. The molecule has 0 saturated heterocycles. The van der Waals surface area contributed by atoms with Gasteiger partial charge in [0.25, 0.3) is 0 Å². The molecule has 0 unspecified atom stereocenters. The highest BCUT2D eigenvalue weighted by molar-refractivity contribution is 5.94. The number of carbonyl (C=O) groups excluding carboxylic acids is 1. The Labute approximate surface area is 129 Å². The summed E-state index contributed by atoms with van der Waals surface area (Å²) >= 11 is 0. The fourth-order valence-corrected chi connectivity index (χ4v) is 2.35. The maximum absolute atomic E-state index is 11.3. The predicted molar refractivity (Wildman–Crippen MR) is 90.0 cm³/mol. The smallest absolute Gasteiger partial charge is 0.178 e. The Hall–Kier alpha value is -2.81. The van der Waals surface area contributed by atoms with Crippen molar-refractivity contribution in [3.63, 3.8) is 0 Å². The fraction of sp³-hybridized carbons (Fsp3) is 0.105. The first-order chi connectivity index (χ1) is 10.7. The molecule has 3 aromatic rings. The van der Waals surface area contributed by atoms with E-state index in [1.807, 2.05) is 42.6 Å². The number of aliphatic imine (C=N–C) groups is 1. The largest absolute Gasteiger partial charge is 0.293 e. The maximum Gasteiger partial charge on any atom is 0.178 e. The molecular formula is C19H16N2O. The van der Waals surface area contributed by atoms with E-state index in [0.29, 0.717) is 12.1 Å². The predicted octanol–water partition coefficient (Wildman–Crippen LogP) is 4.38. The van der Waals surface area contributed by atoms with Crippen LogP contribution in [-0.2, 0) is 6.42 Å². The van der Waals surface area contributed by atoms with Crippen LogP contribution in [0.4, 0.5) is 5.69 Å². The average molecular weight is 288 g/mol. The van der Waals surface area contributed by atoms with E-state index >= 15 is 0 Å². The van der Waals surface area contributed by atoms with Gasteiger partial charge in [-0.2, -0.15) is 0 Å². The van der Waals surface area contributed by atoms with Gasteiger partial charge in [0.2, 0.25) is 0 Å². The van der Waals surface area contributed by atoms with Crippen LogP contribution in [0.3, 0.4) is 0 Å². The number of hydrogen-bond donors (Lipinski definition) is 0. The van der Waals surface area contributed by atoms with Gasteiger partial charge in [-0.15, -0.1) is 0 Å². The van der Waals surface area contributed by atoms with Crippen molar-refractivity contribution in [3.8, 4) is 0 Å². The normalized spacial score (nSPS) is 11.1. The van der Waals surface area contributed by atoms with Crippen LogP contribution < -0.4 is 0 Å². The fourth-order valence-electron chi connectivity index (χ4n) is 2.35. The Morgan fingerprint density at radius 3 is 2.68 bits per heavy atom. The van der Waals surface area contributed by atoms with Crippen molar-refractivity contribution in [3.05, 3.63) is 72.1 Å². The second-order valence-corrected chi connectivity index (χ2v) is 5.08. The molecule has 3 nitrogen and oxygen atoms in total. The third-order valence-corrected chi connectivity index (χ3v) is 3.46. The van der Waals surface area contributed by atoms with Gasteiger partial charge in [-0.1, -0.05) is 42.5 Å². The molecule has 3 rings (SSSR count). The molecule has 0 saturated carbocycles. The third kappa shape index (κ3) is 3.09. The second-order valence-electron chi connectivity index (χ2n) is 5.08. The minimum absolute atomic E-state index is 0.0205. The molecule has 0 radical (unpaired) electrons. The number of Topliss-reactive ketones (excluding diaryl/α,β-unsaturated/α-hetero) is 1. The maximum atomic E-state index is 11.3. The number of pyridine rings is 1. The zero-order chi connectivity index (χ0) is 15.4. The van der Waals surface area contributed by atoms with Crippen LogP contribution in [0.15, 0.2) is 65.7 Å². The van der Waals surface area contributed by atoms with Gasteiger partial charge in [-0.25, -0.2) is 4.98 Å². The number of ketones is 1. The van der Waals surface area contributed by atoms with E-state index in [0.717, 1.165) is 16.8 Å². The van der Waals surface area contributed by atoms with Crippen molar-refractivity contribution in [2.24, 2.45) is 4.99 Å². The molecule has 1 aromatic heterocycles. The Morgan fingerprint density at radius 2 is 1.82 bits per heavy atom. The van der Waals surface area contributed by atoms with Gasteiger partial charge in [-0.3, -0.25) is 9.79 Å². The molecule has 0 fully saturated rings. The summed E-state index contributed by atoms with van der Waals surface area (Å²) in [4.78, 5) is 20.2. The molecule has 2 aromatic carbocycles. The summed E-state index contributed by atoms with van der Waals surface area (Å²) in [6.07, 6.45) is 2.44. The lowest BCUT2D eigenvalue weighted by atomic mass is 10.1. The summed E-state index contributed by atoms with van der Waals surface area (Å²) in [7, 11) is 0. The van der Waals surface area contributed by atoms with E-state index in [1.54, 1.807) is 6.07 Å². The third-order valence-electron chi connectivity index (χ3n) is 3.46. The molecule has 0 amide bonds. The molecular weight excluding hydrogens is 272 g/mol. The van der Waals surface area contributed by atoms with Crippen LogP contribution in [0.25, 0.3) is 10.8 Å². The highest BCUT2D eigenvalue weighted by Crippen LogP contribution is 2.25. The first-order valence-corrected chi connectivity index (χ1v) is 7.21. The zero-order valence-electron chi connectivity index (χ0n) is 12.4. The quantitative estimate of drug-likeness (QED) is 0.528. The molecule has 3 heteroatoms. The average Bonchev–Trinajstić information content (AvgIpc) is 2.55. The molecule has 0 aliphatic carbocycles. The molecule has 0 aliphatic heterocycles. The first-order valence-electron chi connectivity index (χ1n) is 7.21. The molecule has 108 valence electrons. The number of aromatic nitrogens is 1. The molecule has 0 spiro atoms. The van der Waals surface area contributed by atoms with Crippen LogP contribution in [0.5, 0.6) is 0 Å². The van der Waals surface area contributed by atoms with Crippen LogP contribution in [0.2, 0.25) is 0 Å². The lowest BCUT2D eigenvalue weighted by Gasteiger charge is -2.01. The number of fused-ring (bicyclic) bond motifs is 1. The molecule has 0 N–H and O–H groups in total. The van der Waals surface area contributed by atoms with Crippen molar-refractivity contribution in [1.29, 1.82) is 0 Å². The van der Waals surface area contributed by atoms with Gasteiger partial charge in [0.15, 0.2) is 5.78 Å². The molecule has 1 heterocycles. The topological polar surface area (TPSA) is 42.3 Å². The van der Waals surface area contributed by atoms with Crippen LogP contribution >= 0.6 is 0 Å². The monoisotopic (exact) mass is 288 g/mol. The lowest BCUT2D eigenvalue weighted by molar-refractivity contribution is 0.101. The van der Waals surface area contributed by atoms with Crippen molar-refractivity contribution in [1.82, 2.24) is 4.98 Å². The van der Waals surface area contributed by atoms with Crippen LogP contribution in [-0.4, -0.2) is 17.0 Å². The Bertz CT molecular complexity index is 847. The number of benzene rings is 2. The van der Waals surface area contributed by atoms with Crippen LogP contribution in [0, 0.1) is 0 Å². The van der Waals surface area contributed by atoms with Gasteiger partial charge in [0, 0.05) is 30.6 Å². The summed E-state index contributed by atoms with van der Waals surface area (Å²) in [5, 5.41) is 2.31. The van der Waals surface area contributed by atoms with Crippen molar-refractivity contribution in [2.75, 3.05) is 0 Å². The summed E-state index contributed by atoms with van der Waals surface area (Å²) in [6.45, 7) is 1.52. The van der Waals surface area contributed by atoms with Gasteiger partial charge in [0.1, 0.15) is 5.69 Å². The summed E-state index contributed by atoms with van der Waals surface area (Å²) in [5.41, 5.74) is 2.29. The molecule has 0 aliphatic rings. The summed E-state index contributed by atoms with van der Waals surface area (Å²) in [6, 6.07) is 19.7. The van der Waals surface area contributed by atoms with E-state index in [1.165, 1.54) is 12.3 Å². The highest BCUT2D eigenvalue weighted by atomic mass is 16.1. The zero-order valence-corrected chi connectivity index (χ0v) is 12.4. The molecule has 0 bridgehead atoms. The van der Waals surface area contributed by atoms with Gasteiger partial charge in [-0.05, 0) is 23.6 Å². The van der Waals surface area contributed by atoms with E-state index in [4.69, 9.17) is 0 Å². The number of rotatable bonds is 4. The van der Waals surface area contributed by atoms with E-state index in [-0.39, 0.29) is 5.78 Å².